The van der Waals surface area contributed by atoms with E-state index in [-0.39, 0.29) is 5.41 Å². The highest BCUT2D eigenvalue weighted by Gasteiger charge is 2.30. The minimum Gasteiger partial charge on any atom is -0.493 e. The average Bonchev–Trinajstić information content (AvgIpc) is 2.78. The molecule has 0 aliphatic heterocycles. The predicted molar refractivity (Wildman–Crippen MR) is 94.6 cm³/mol. The molecule has 1 fully saturated rings. The molecule has 1 unspecified atom stereocenters. The van der Waals surface area contributed by atoms with Gasteiger partial charge < -0.3 is 4.74 Å². The molecule has 0 saturated heterocycles. The van der Waals surface area contributed by atoms with Gasteiger partial charge in [0, 0.05) is 5.41 Å². The summed E-state index contributed by atoms with van der Waals surface area (Å²) in [6.45, 7) is 5.34. The second-order valence-electron chi connectivity index (χ2n) is 6.71. The van der Waals surface area contributed by atoms with E-state index in [4.69, 9.17) is 4.74 Å². The van der Waals surface area contributed by atoms with Gasteiger partial charge in [0.25, 0.3) is 0 Å². The number of ether oxygens (including phenoxy) is 1. The van der Waals surface area contributed by atoms with Gasteiger partial charge in [-0.2, -0.15) is 12.6 Å². The Labute approximate surface area is 135 Å². The van der Waals surface area contributed by atoms with Gasteiger partial charge in [0.2, 0.25) is 0 Å². The van der Waals surface area contributed by atoms with Crippen LogP contribution in [0.5, 0.6) is 5.75 Å². The molecule has 118 valence electrons. The van der Waals surface area contributed by atoms with Crippen molar-refractivity contribution in [3.8, 4) is 5.75 Å². The van der Waals surface area contributed by atoms with Gasteiger partial charge in [-0.1, -0.05) is 57.7 Å². The zero-order chi connectivity index (χ0) is 15.1. The van der Waals surface area contributed by atoms with E-state index in [1.165, 1.54) is 44.1 Å². The normalized spacial score (nSPS) is 19.8. The molecule has 1 saturated carbocycles. The van der Waals surface area contributed by atoms with Crippen molar-refractivity contribution in [1.82, 2.24) is 0 Å². The molecule has 1 aromatic carbocycles. The Hall–Kier alpha value is -0.630. The van der Waals surface area contributed by atoms with Crippen molar-refractivity contribution in [2.75, 3.05) is 12.4 Å². The third kappa shape index (κ3) is 4.42. The average molecular weight is 307 g/mol. The zero-order valence-electron chi connectivity index (χ0n) is 13.6. The van der Waals surface area contributed by atoms with E-state index < -0.39 is 0 Å². The molecule has 0 spiro atoms. The van der Waals surface area contributed by atoms with E-state index in [0.717, 1.165) is 24.5 Å². The Morgan fingerprint density at radius 2 is 1.81 bits per heavy atom. The maximum absolute atomic E-state index is 6.30. The maximum Gasteiger partial charge on any atom is 0.122 e. The van der Waals surface area contributed by atoms with Crippen LogP contribution < -0.4 is 4.74 Å². The Morgan fingerprint density at radius 3 is 2.43 bits per heavy atom. The Bertz CT molecular complexity index is 421. The molecule has 1 atom stereocenters. The molecule has 0 radical (unpaired) electrons. The molecule has 2 rings (SSSR count). The fourth-order valence-corrected chi connectivity index (χ4v) is 3.70. The molecule has 0 bridgehead atoms. The Morgan fingerprint density at radius 1 is 1.14 bits per heavy atom. The van der Waals surface area contributed by atoms with Crippen LogP contribution in [0.3, 0.4) is 0 Å². The summed E-state index contributed by atoms with van der Waals surface area (Å²) in [6.07, 6.45) is 9.09. The van der Waals surface area contributed by atoms with Gasteiger partial charge in [-0.3, -0.25) is 0 Å². The van der Waals surface area contributed by atoms with Crippen molar-refractivity contribution in [3.05, 3.63) is 29.8 Å². The van der Waals surface area contributed by atoms with Crippen LogP contribution in [0.2, 0.25) is 0 Å². The van der Waals surface area contributed by atoms with Crippen molar-refractivity contribution < 1.29 is 4.74 Å². The molecule has 0 heterocycles. The third-order valence-electron chi connectivity index (χ3n) is 5.10. The number of rotatable bonds is 6. The lowest BCUT2D eigenvalue weighted by molar-refractivity contribution is 0.147. The first kappa shape index (κ1) is 16.7. The largest absolute Gasteiger partial charge is 0.493 e. The SMILES string of the molecule is CCC(C)c1ccccc1OCC1(CS)CCCCCC1. The number of thiol groups is 1. The molecular formula is C19H30OS. The Balaban J connectivity index is 2.07. The minimum absolute atomic E-state index is 0.280. The maximum atomic E-state index is 6.30. The topological polar surface area (TPSA) is 9.23 Å². The molecule has 2 heteroatoms. The summed E-state index contributed by atoms with van der Waals surface area (Å²) in [5.41, 5.74) is 1.63. The molecule has 1 aromatic rings. The van der Waals surface area contributed by atoms with Gasteiger partial charge in [-0.15, -0.1) is 0 Å². The highest BCUT2D eigenvalue weighted by atomic mass is 32.1. The summed E-state index contributed by atoms with van der Waals surface area (Å²) in [5.74, 6) is 2.58. The quantitative estimate of drug-likeness (QED) is 0.512. The molecule has 0 aromatic heterocycles. The van der Waals surface area contributed by atoms with Gasteiger partial charge in [0.15, 0.2) is 0 Å². The second-order valence-corrected chi connectivity index (χ2v) is 7.02. The lowest BCUT2D eigenvalue weighted by atomic mass is 9.83. The van der Waals surface area contributed by atoms with Crippen LogP contribution in [0.1, 0.15) is 70.3 Å². The predicted octanol–water partition coefficient (Wildman–Crippen LogP) is 5.85. The summed E-state index contributed by atoms with van der Waals surface area (Å²) in [6, 6.07) is 8.55. The van der Waals surface area contributed by atoms with Crippen LogP contribution >= 0.6 is 12.6 Å². The summed E-state index contributed by atoms with van der Waals surface area (Å²) < 4.78 is 6.30. The van der Waals surface area contributed by atoms with E-state index in [1.807, 2.05) is 0 Å². The highest BCUT2D eigenvalue weighted by Crippen LogP contribution is 2.37. The molecular weight excluding hydrogens is 276 g/mol. The summed E-state index contributed by atoms with van der Waals surface area (Å²) >= 11 is 4.65. The van der Waals surface area contributed by atoms with Crippen LogP contribution in [-0.4, -0.2) is 12.4 Å². The highest BCUT2D eigenvalue weighted by molar-refractivity contribution is 7.80. The van der Waals surface area contributed by atoms with Crippen molar-refractivity contribution in [2.45, 2.75) is 64.7 Å². The van der Waals surface area contributed by atoms with E-state index >= 15 is 0 Å². The van der Waals surface area contributed by atoms with Crippen LogP contribution in [0.25, 0.3) is 0 Å². The van der Waals surface area contributed by atoms with Crippen LogP contribution in [0.15, 0.2) is 24.3 Å². The van der Waals surface area contributed by atoms with E-state index in [2.05, 4.69) is 50.7 Å². The molecule has 21 heavy (non-hydrogen) atoms. The van der Waals surface area contributed by atoms with Crippen molar-refractivity contribution in [3.63, 3.8) is 0 Å². The summed E-state index contributed by atoms with van der Waals surface area (Å²) in [7, 11) is 0. The standard InChI is InChI=1S/C19H30OS/c1-3-16(2)17-10-6-7-11-18(17)20-14-19(15-21)12-8-4-5-9-13-19/h6-7,10-11,16,21H,3-5,8-9,12-15H2,1-2H3. The van der Waals surface area contributed by atoms with E-state index in [9.17, 15) is 0 Å². The zero-order valence-corrected chi connectivity index (χ0v) is 14.5. The number of para-hydroxylation sites is 1. The van der Waals surface area contributed by atoms with Gasteiger partial charge in [0.1, 0.15) is 5.75 Å². The van der Waals surface area contributed by atoms with Gasteiger partial charge in [0.05, 0.1) is 6.61 Å². The first-order chi connectivity index (χ1) is 10.2. The minimum atomic E-state index is 0.280. The van der Waals surface area contributed by atoms with Crippen molar-refractivity contribution >= 4 is 12.6 Å². The van der Waals surface area contributed by atoms with Crippen LogP contribution in [-0.2, 0) is 0 Å². The van der Waals surface area contributed by atoms with E-state index in [0.29, 0.717) is 5.92 Å². The molecule has 1 aliphatic carbocycles. The van der Waals surface area contributed by atoms with Gasteiger partial charge >= 0.3 is 0 Å². The Kier molecular flexibility index (Phi) is 6.47. The third-order valence-corrected chi connectivity index (χ3v) is 5.77. The molecule has 1 aliphatic rings. The van der Waals surface area contributed by atoms with Gasteiger partial charge in [-0.25, -0.2) is 0 Å². The van der Waals surface area contributed by atoms with E-state index in [1.54, 1.807) is 0 Å². The van der Waals surface area contributed by atoms with Crippen LogP contribution in [0.4, 0.5) is 0 Å². The van der Waals surface area contributed by atoms with Crippen molar-refractivity contribution in [2.24, 2.45) is 5.41 Å². The first-order valence-electron chi connectivity index (χ1n) is 8.53. The second kappa shape index (κ2) is 8.12. The lowest BCUT2D eigenvalue weighted by Gasteiger charge is -2.31. The summed E-state index contributed by atoms with van der Waals surface area (Å²) in [4.78, 5) is 0. The fraction of sp³-hybridized carbons (Fsp3) is 0.684. The lowest BCUT2D eigenvalue weighted by Crippen LogP contribution is -2.30. The molecule has 1 nitrogen and oxygen atoms in total. The number of benzene rings is 1. The van der Waals surface area contributed by atoms with Crippen LogP contribution in [0, 0.1) is 5.41 Å². The smallest absolute Gasteiger partial charge is 0.122 e. The number of hydrogen-bond acceptors (Lipinski definition) is 2. The molecule has 0 N–H and O–H groups in total. The monoisotopic (exact) mass is 306 g/mol. The van der Waals surface area contributed by atoms with Gasteiger partial charge in [-0.05, 0) is 42.6 Å². The first-order valence-corrected chi connectivity index (χ1v) is 9.16. The molecule has 0 amide bonds. The number of hydrogen-bond donors (Lipinski definition) is 1. The van der Waals surface area contributed by atoms with Crippen molar-refractivity contribution in [1.29, 1.82) is 0 Å². The summed E-state index contributed by atoms with van der Waals surface area (Å²) in [5, 5.41) is 0. The fourth-order valence-electron chi connectivity index (χ4n) is 3.30.